The molecule has 1 atom stereocenters. The van der Waals surface area contributed by atoms with Crippen LogP contribution in [0.3, 0.4) is 0 Å². The fourth-order valence-electron chi connectivity index (χ4n) is 1.82. The van der Waals surface area contributed by atoms with Gasteiger partial charge in [-0.05, 0) is 24.5 Å². The van der Waals surface area contributed by atoms with E-state index >= 15 is 0 Å². The van der Waals surface area contributed by atoms with Crippen molar-refractivity contribution in [3.63, 3.8) is 0 Å². The molecule has 5 heteroatoms. The zero-order chi connectivity index (χ0) is 14.3. The van der Waals surface area contributed by atoms with Gasteiger partial charge < -0.3 is 10.4 Å². The Bertz CT molecular complexity index is 446. The van der Waals surface area contributed by atoms with E-state index in [2.05, 4.69) is 10.3 Å². The van der Waals surface area contributed by atoms with Gasteiger partial charge in [0.25, 0.3) is 5.91 Å². The quantitative estimate of drug-likeness (QED) is 0.789. The average molecular weight is 264 g/mol. The first-order valence-corrected chi connectivity index (χ1v) is 6.57. The summed E-state index contributed by atoms with van der Waals surface area (Å²) in [7, 11) is 0. The SMILES string of the molecule is CCCC[C@H](NC(=O)c1ncccc1CC)C(=O)O. The van der Waals surface area contributed by atoms with Crippen molar-refractivity contribution < 1.29 is 14.7 Å². The summed E-state index contributed by atoms with van der Waals surface area (Å²) >= 11 is 0. The number of carbonyl (C=O) groups is 2. The van der Waals surface area contributed by atoms with Gasteiger partial charge in [0.15, 0.2) is 0 Å². The topological polar surface area (TPSA) is 79.3 Å². The molecule has 0 radical (unpaired) electrons. The van der Waals surface area contributed by atoms with Crippen LogP contribution in [0.1, 0.15) is 49.2 Å². The normalized spacial score (nSPS) is 11.9. The molecule has 1 aromatic heterocycles. The molecule has 1 rings (SSSR count). The molecule has 0 aliphatic heterocycles. The second-order valence-electron chi connectivity index (χ2n) is 4.37. The number of aliphatic carboxylic acids is 1. The van der Waals surface area contributed by atoms with Gasteiger partial charge in [0.05, 0.1) is 0 Å². The predicted molar refractivity (Wildman–Crippen MR) is 72.0 cm³/mol. The number of rotatable bonds is 7. The number of hydrogen-bond acceptors (Lipinski definition) is 3. The largest absolute Gasteiger partial charge is 0.480 e. The molecule has 0 saturated carbocycles. The lowest BCUT2D eigenvalue weighted by Crippen LogP contribution is -2.41. The monoisotopic (exact) mass is 264 g/mol. The van der Waals surface area contributed by atoms with Gasteiger partial charge in [-0.25, -0.2) is 4.79 Å². The zero-order valence-corrected chi connectivity index (χ0v) is 11.3. The smallest absolute Gasteiger partial charge is 0.326 e. The van der Waals surface area contributed by atoms with Gasteiger partial charge in [-0.1, -0.05) is 32.8 Å². The van der Waals surface area contributed by atoms with E-state index in [0.717, 1.165) is 18.4 Å². The average Bonchev–Trinajstić information content (AvgIpc) is 2.42. The summed E-state index contributed by atoms with van der Waals surface area (Å²) in [5, 5.41) is 11.6. The van der Waals surface area contributed by atoms with Gasteiger partial charge in [0.1, 0.15) is 11.7 Å². The molecule has 0 aromatic carbocycles. The van der Waals surface area contributed by atoms with Crippen LogP contribution in [-0.2, 0) is 11.2 Å². The van der Waals surface area contributed by atoms with Crippen LogP contribution >= 0.6 is 0 Å². The van der Waals surface area contributed by atoms with Crippen molar-refractivity contribution in [2.24, 2.45) is 0 Å². The minimum Gasteiger partial charge on any atom is -0.480 e. The van der Waals surface area contributed by atoms with Crippen LogP contribution in [0.15, 0.2) is 18.3 Å². The molecule has 0 bridgehead atoms. The highest BCUT2D eigenvalue weighted by atomic mass is 16.4. The Morgan fingerprint density at radius 3 is 2.74 bits per heavy atom. The standard InChI is InChI=1S/C14H20N2O3/c1-3-5-8-11(14(18)19)16-13(17)12-10(4-2)7-6-9-15-12/h6-7,9,11H,3-5,8H2,1-2H3,(H,16,17)(H,18,19)/t11-/m0/s1. The van der Waals surface area contributed by atoms with Gasteiger partial charge in [-0.2, -0.15) is 0 Å². The van der Waals surface area contributed by atoms with Crippen LogP contribution in [0.2, 0.25) is 0 Å². The van der Waals surface area contributed by atoms with Gasteiger partial charge in [-0.15, -0.1) is 0 Å². The van der Waals surface area contributed by atoms with Crippen molar-refractivity contribution in [2.45, 2.75) is 45.6 Å². The first kappa shape index (κ1) is 15.1. The molecule has 0 spiro atoms. The van der Waals surface area contributed by atoms with Crippen molar-refractivity contribution in [3.8, 4) is 0 Å². The predicted octanol–water partition coefficient (Wildman–Crippen LogP) is 2.02. The highest BCUT2D eigenvalue weighted by Crippen LogP contribution is 2.08. The number of aromatic nitrogens is 1. The lowest BCUT2D eigenvalue weighted by atomic mass is 10.1. The van der Waals surface area contributed by atoms with Crippen LogP contribution < -0.4 is 5.32 Å². The van der Waals surface area contributed by atoms with E-state index in [1.807, 2.05) is 19.9 Å². The highest BCUT2D eigenvalue weighted by Gasteiger charge is 2.21. The van der Waals surface area contributed by atoms with E-state index < -0.39 is 17.9 Å². The summed E-state index contributed by atoms with van der Waals surface area (Å²) in [6.45, 7) is 3.91. The number of hydrogen-bond donors (Lipinski definition) is 2. The van der Waals surface area contributed by atoms with Crippen molar-refractivity contribution in [1.29, 1.82) is 0 Å². The number of unbranched alkanes of at least 4 members (excludes halogenated alkanes) is 1. The number of carbonyl (C=O) groups excluding carboxylic acids is 1. The summed E-state index contributed by atoms with van der Waals surface area (Å²) in [6, 6.07) is 2.74. The van der Waals surface area contributed by atoms with Crippen LogP contribution in [0.4, 0.5) is 0 Å². The Morgan fingerprint density at radius 2 is 2.16 bits per heavy atom. The molecule has 0 unspecified atom stereocenters. The molecule has 0 aliphatic rings. The maximum Gasteiger partial charge on any atom is 0.326 e. The summed E-state index contributed by atoms with van der Waals surface area (Å²) in [5.74, 6) is -1.42. The molecule has 0 aliphatic carbocycles. The number of aryl methyl sites for hydroxylation is 1. The molecule has 1 heterocycles. The highest BCUT2D eigenvalue weighted by molar-refractivity contribution is 5.96. The molecular weight excluding hydrogens is 244 g/mol. The summed E-state index contributed by atoms with van der Waals surface area (Å²) in [4.78, 5) is 27.2. The fraction of sp³-hybridized carbons (Fsp3) is 0.500. The Hall–Kier alpha value is -1.91. The second-order valence-corrected chi connectivity index (χ2v) is 4.37. The first-order valence-electron chi connectivity index (χ1n) is 6.57. The van der Waals surface area contributed by atoms with E-state index in [0.29, 0.717) is 18.5 Å². The lowest BCUT2D eigenvalue weighted by Gasteiger charge is -2.14. The maximum atomic E-state index is 12.1. The van der Waals surface area contributed by atoms with Crippen molar-refractivity contribution in [3.05, 3.63) is 29.6 Å². The summed E-state index contributed by atoms with van der Waals surface area (Å²) < 4.78 is 0. The fourth-order valence-corrected chi connectivity index (χ4v) is 1.82. The molecule has 0 fully saturated rings. The number of amides is 1. The summed E-state index contributed by atoms with van der Waals surface area (Å²) in [5.41, 5.74) is 1.13. The number of pyridine rings is 1. The Kier molecular flexibility index (Phi) is 5.99. The van der Waals surface area contributed by atoms with E-state index in [9.17, 15) is 9.59 Å². The third-order valence-corrected chi connectivity index (χ3v) is 2.94. The van der Waals surface area contributed by atoms with Crippen molar-refractivity contribution in [1.82, 2.24) is 10.3 Å². The number of nitrogens with zero attached hydrogens (tertiary/aromatic N) is 1. The van der Waals surface area contributed by atoms with Crippen LogP contribution in [-0.4, -0.2) is 28.0 Å². The Balaban J connectivity index is 2.78. The minimum atomic E-state index is -1.00. The molecule has 1 aromatic rings. The molecule has 0 saturated heterocycles. The van der Waals surface area contributed by atoms with Crippen LogP contribution in [0.25, 0.3) is 0 Å². The van der Waals surface area contributed by atoms with E-state index in [-0.39, 0.29) is 0 Å². The minimum absolute atomic E-state index is 0.313. The Morgan fingerprint density at radius 1 is 1.42 bits per heavy atom. The maximum absolute atomic E-state index is 12.1. The number of nitrogens with one attached hydrogen (secondary N) is 1. The van der Waals surface area contributed by atoms with Gasteiger partial charge in [0, 0.05) is 6.20 Å². The van der Waals surface area contributed by atoms with E-state index in [1.165, 1.54) is 6.20 Å². The lowest BCUT2D eigenvalue weighted by molar-refractivity contribution is -0.139. The van der Waals surface area contributed by atoms with Crippen LogP contribution in [0, 0.1) is 0 Å². The van der Waals surface area contributed by atoms with Gasteiger partial charge in [-0.3, -0.25) is 9.78 Å². The van der Waals surface area contributed by atoms with E-state index in [4.69, 9.17) is 5.11 Å². The summed E-state index contributed by atoms with van der Waals surface area (Å²) in [6.07, 6.45) is 4.31. The van der Waals surface area contributed by atoms with Crippen LogP contribution in [0.5, 0.6) is 0 Å². The molecule has 104 valence electrons. The van der Waals surface area contributed by atoms with Crippen molar-refractivity contribution >= 4 is 11.9 Å². The second kappa shape index (κ2) is 7.51. The van der Waals surface area contributed by atoms with Gasteiger partial charge >= 0.3 is 5.97 Å². The third kappa shape index (κ3) is 4.35. The van der Waals surface area contributed by atoms with E-state index in [1.54, 1.807) is 6.07 Å². The molecule has 19 heavy (non-hydrogen) atoms. The first-order chi connectivity index (χ1) is 9.10. The third-order valence-electron chi connectivity index (χ3n) is 2.94. The molecule has 2 N–H and O–H groups in total. The molecule has 1 amide bonds. The zero-order valence-electron chi connectivity index (χ0n) is 11.3. The number of carboxylic acid groups (broad SMARTS) is 1. The Labute approximate surface area is 113 Å². The molecular formula is C14H20N2O3. The van der Waals surface area contributed by atoms with Gasteiger partial charge in [0.2, 0.25) is 0 Å². The van der Waals surface area contributed by atoms with Crippen molar-refractivity contribution in [2.75, 3.05) is 0 Å². The molecule has 5 nitrogen and oxygen atoms in total. The number of carboxylic acids is 1.